The van der Waals surface area contributed by atoms with E-state index < -0.39 is 8.07 Å². The average Bonchev–Trinajstić information content (AvgIpc) is 2.51. The molecule has 1 saturated heterocycles. The molecular weight excluding hydrogens is 304 g/mol. The molecule has 1 aliphatic carbocycles. The van der Waals surface area contributed by atoms with Crippen LogP contribution in [0.4, 0.5) is 0 Å². The minimum absolute atomic E-state index is 0.126. The van der Waals surface area contributed by atoms with Gasteiger partial charge in [0.2, 0.25) is 0 Å². The lowest BCUT2D eigenvalue weighted by Crippen LogP contribution is -2.44. The summed E-state index contributed by atoms with van der Waals surface area (Å²) in [5.74, 6) is 0.331. The maximum Gasteiger partial charge on any atom is 0.0859 e. The third-order valence-electron chi connectivity index (χ3n) is 4.72. The van der Waals surface area contributed by atoms with Gasteiger partial charge in [-0.15, -0.1) is 0 Å². The molecule has 5 heteroatoms. The summed E-state index contributed by atoms with van der Waals surface area (Å²) >= 11 is 0. The molecule has 2 atom stereocenters. The molecule has 0 spiro atoms. The average molecular weight is 339 g/mol. The molecule has 0 radical (unpaired) electrons. The zero-order chi connectivity index (χ0) is 16.9. The van der Waals surface area contributed by atoms with Crippen LogP contribution in [0.3, 0.4) is 0 Å². The summed E-state index contributed by atoms with van der Waals surface area (Å²) < 4.78 is 11.6. The van der Waals surface area contributed by atoms with E-state index in [0.717, 1.165) is 39.4 Å². The van der Waals surface area contributed by atoms with Gasteiger partial charge in [0.05, 0.1) is 12.7 Å². The zero-order valence-electron chi connectivity index (χ0n) is 15.5. The highest BCUT2D eigenvalue weighted by Crippen LogP contribution is 2.23. The normalized spacial score (nSPS) is 26.5. The standard InChI is InChI=1S/C18H34N2O2Si/c1-19-8-10-20(11-9-19)17-7-6-16(18(14-17)21-2)15-22-12-13-23(3,4)5/h6-7,14,16,18H,8-13,15H2,1-5H3. The zero-order valence-corrected chi connectivity index (χ0v) is 16.5. The number of hydrogen-bond donors (Lipinski definition) is 0. The molecule has 2 unspecified atom stereocenters. The van der Waals surface area contributed by atoms with Crippen molar-refractivity contribution in [2.45, 2.75) is 31.8 Å². The van der Waals surface area contributed by atoms with Gasteiger partial charge in [0.25, 0.3) is 0 Å². The van der Waals surface area contributed by atoms with E-state index >= 15 is 0 Å². The minimum atomic E-state index is -1.01. The van der Waals surface area contributed by atoms with E-state index in [1.807, 2.05) is 0 Å². The van der Waals surface area contributed by atoms with Crippen molar-refractivity contribution < 1.29 is 9.47 Å². The van der Waals surface area contributed by atoms with Crippen LogP contribution in [-0.2, 0) is 9.47 Å². The van der Waals surface area contributed by atoms with Crippen LogP contribution in [0.5, 0.6) is 0 Å². The minimum Gasteiger partial charge on any atom is -0.381 e. The highest BCUT2D eigenvalue weighted by atomic mass is 28.3. The van der Waals surface area contributed by atoms with Crippen molar-refractivity contribution in [2.24, 2.45) is 5.92 Å². The van der Waals surface area contributed by atoms with Gasteiger partial charge in [-0.2, -0.15) is 0 Å². The lowest BCUT2D eigenvalue weighted by Gasteiger charge is -2.37. The molecule has 23 heavy (non-hydrogen) atoms. The van der Waals surface area contributed by atoms with Gasteiger partial charge in [-0.05, 0) is 25.2 Å². The number of nitrogens with zero attached hydrogens (tertiary/aromatic N) is 2. The van der Waals surface area contributed by atoms with Crippen LogP contribution in [0.25, 0.3) is 0 Å². The molecule has 1 fully saturated rings. The molecule has 0 aromatic rings. The second-order valence-electron chi connectivity index (χ2n) is 7.99. The van der Waals surface area contributed by atoms with Crippen LogP contribution < -0.4 is 0 Å². The first-order valence-corrected chi connectivity index (χ1v) is 12.5. The fourth-order valence-corrected chi connectivity index (χ4v) is 3.70. The molecule has 0 amide bonds. The van der Waals surface area contributed by atoms with Gasteiger partial charge in [0.15, 0.2) is 0 Å². The molecular formula is C18H34N2O2Si. The van der Waals surface area contributed by atoms with E-state index in [9.17, 15) is 0 Å². The summed E-state index contributed by atoms with van der Waals surface area (Å²) in [6.07, 6.45) is 6.93. The number of ether oxygens (including phenoxy) is 2. The van der Waals surface area contributed by atoms with Crippen LogP contribution in [-0.4, -0.2) is 77.5 Å². The van der Waals surface area contributed by atoms with Gasteiger partial charge in [0, 0.05) is 59.6 Å². The Labute approximate surface area is 143 Å². The van der Waals surface area contributed by atoms with Crippen molar-refractivity contribution in [1.29, 1.82) is 0 Å². The SMILES string of the molecule is COC1C=C(N2CCN(C)CC2)C=CC1COCC[Si](C)(C)C. The van der Waals surface area contributed by atoms with Crippen molar-refractivity contribution in [3.63, 3.8) is 0 Å². The predicted molar refractivity (Wildman–Crippen MR) is 99.6 cm³/mol. The Bertz CT molecular complexity index is 423. The molecule has 2 aliphatic rings. The van der Waals surface area contributed by atoms with Crippen LogP contribution in [0.1, 0.15) is 0 Å². The Kier molecular flexibility index (Phi) is 6.89. The molecule has 0 N–H and O–H groups in total. The number of methoxy groups -OCH3 is 1. The Balaban J connectivity index is 1.82. The molecule has 0 bridgehead atoms. The lowest BCUT2D eigenvalue weighted by atomic mass is 9.96. The number of likely N-dealkylation sites (N-methyl/N-ethyl adjacent to an activating group) is 1. The van der Waals surface area contributed by atoms with E-state index in [1.54, 1.807) is 7.11 Å². The van der Waals surface area contributed by atoms with Crippen molar-refractivity contribution in [1.82, 2.24) is 9.80 Å². The summed E-state index contributed by atoms with van der Waals surface area (Å²) in [7, 11) is 2.99. The third-order valence-corrected chi connectivity index (χ3v) is 6.42. The summed E-state index contributed by atoms with van der Waals surface area (Å²) in [5.41, 5.74) is 1.31. The summed E-state index contributed by atoms with van der Waals surface area (Å²) in [6.45, 7) is 13.3. The fraction of sp³-hybridized carbons (Fsp3) is 0.778. The highest BCUT2D eigenvalue weighted by Gasteiger charge is 2.24. The third kappa shape index (κ3) is 6.07. The predicted octanol–water partition coefficient (Wildman–Crippen LogP) is 2.67. The second kappa shape index (κ2) is 8.47. The highest BCUT2D eigenvalue weighted by molar-refractivity contribution is 6.76. The summed E-state index contributed by atoms with van der Waals surface area (Å²) in [6, 6.07) is 1.23. The molecule has 1 heterocycles. The molecule has 0 saturated carbocycles. The number of rotatable bonds is 7. The second-order valence-corrected chi connectivity index (χ2v) is 13.6. The lowest BCUT2D eigenvalue weighted by molar-refractivity contribution is 0.0445. The topological polar surface area (TPSA) is 24.9 Å². The molecule has 0 aromatic carbocycles. The van der Waals surface area contributed by atoms with Crippen LogP contribution >= 0.6 is 0 Å². The number of hydrogen-bond acceptors (Lipinski definition) is 4. The first kappa shape index (κ1) is 18.7. The van der Waals surface area contributed by atoms with Gasteiger partial charge in [-0.25, -0.2) is 0 Å². The molecule has 0 aromatic heterocycles. The van der Waals surface area contributed by atoms with Gasteiger partial charge in [-0.3, -0.25) is 0 Å². The van der Waals surface area contributed by atoms with Crippen LogP contribution in [0, 0.1) is 5.92 Å². The first-order valence-electron chi connectivity index (χ1n) is 8.83. The van der Waals surface area contributed by atoms with E-state index in [2.05, 4.69) is 54.7 Å². The van der Waals surface area contributed by atoms with E-state index in [-0.39, 0.29) is 6.10 Å². The Morgan fingerprint density at radius 1 is 1.17 bits per heavy atom. The summed E-state index contributed by atoms with van der Waals surface area (Å²) in [4.78, 5) is 4.84. The van der Waals surface area contributed by atoms with E-state index in [4.69, 9.17) is 9.47 Å². The maximum atomic E-state index is 5.93. The van der Waals surface area contributed by atoms with Crippen molar-refractivity contribution in [2.75, 3.05) is 53.6 Å². The first-order chi connectivity index (χ1) is 10.9. The Morgan fingerprint density at radius 2 is 1.87 bits per heavy atom. The van der Waals surface area contributed by atoms with E-state index in [1.165, 1.54) is 11.7 Å². The van der Waals surface area contributed by atoms with Gasteiger partial charge >= 0.3 is 0 Å². The Morgan fingerprint density at radius 3 is 2.48 bits per heavy atom. The monoisotopic (exact) mass is 338 g/mol. The molecule has 132 valence electrons. The van der Waals surface area contributed by atoms with Crippen molar-refractivity contribution >= 4 is 8.07 Å². The van der Waals surface area contributed by atoms with Crippen LogP contribution in [0.2, 0.25) is 25.7 Å². The van der Waals surface area contributed by atoms with Gasteiger partial charge in [-0.1, -0.05) is 25.7 Å². The van der Waals surface area contributed by atoms with Gasteiger partial charge in [0.1, 0.15) is 0 Å². The van der Waals surface area contributed by atoms with E-state index in [0.29, 0.717) is 5.92 Å². The Hall–Kier alpha value is -0.623. The summed E-state index contributed by atoms with van der Waals surface area (Å²) in [5, 5.41) is 0. The molecule has 2 rings (SSSR count). The molecule has 4 nitrogen and oxygen atoms in total. The maximum absolute atomic E-state index is 5.93. The number of allylic oxidation sites excluding steroid dienone is 1. The van der Waals surface area contributed by atoms with Crippen molar-refractivity contribution in [3.8, 4) is 0 Å². The smallest absolute Gasteiger partial charge is 0.0859 e. The molecule has 1 aliphatic heterocycles. The largest absolute Gasteiger partial charge is 0.381 e. The number of piperazine rings is 1. The van der Waals surface area contributed by atoms with Crippen molar-refractivity contribution in [3.05, 3.63) is 23.9 Å². The fourth-order valence-electron chi connectivity index (χ4n) is 2.95. The van der Waals surface area contributed by atoms with Gasteiger partial charge < -0.3 is 19.3 Å². The van der Waals surface area contributed by atoms with Crippen LogP contribution in [0.15, 0.2) is 23.9 Å². The quantitative estimate of drug-likeness (QED) is 0.526.